The maximum Gasteiger partial charge on any atom is 0.337 e. The number of halogens is 2. The molecule has 8 rings (SSSR count). The molecule has 4 aliphatic rings. The van der Waals surface area contributed by atoms with Crippen LogP contribution in [0.1, 0.15) is 48.1 Å². The number of hydrogen-bond donors (Lipinski definition) is 0. The highest BCUT2D eigenvalue weighted by Gasteiger charge is 2.47. The first-order valence-corrected chi connectivity index (χ1v) is 16.8. The molecule has 3 atom stereocenters. The number of methoxy groups -OCH3 is 1. The highest BCUT2D eigenvalue weighted by Crippen LogP contribution is 2.52. The van der Waals surface area contributed by atoms with E-state index in [1.165, 1.54) is 7.11 Å². The van der Waals surface area contributed by atoms with Gasteiger partial charge in [-0.05, 0) is 49.2 Å². The Bertz CT molecular complexity index is 1960. The number of ether oxygens (including phenoxy) is 4. The van der Waals surface area contributed by atoms with E-state index in [4.69, 9.17) is 47.1 Å². The Morgan fingerprint density at radius 2 is 1.96 bits per heavy atom. The van der Waals surface area contributed by atoms with Crippen LogP contribution in [-0.4, -0.2) is 70.9 Å². The first kappa shape index (κ1) is 31.2. The van der Waals surface area contributed by atoms with Crippen LogP contribution in [0.5, 0.6) is 11.5 Å². The number of aromatic nitrogens is 3. The summed E-state index contributed by atoms with van der Waals surface area (Å²) in [4.78, 5) is 26.8. The van der Waals surface area contributed by atoms with E-state index in [1.807, 2.05) is 25.1 Å². The number of carbonyl (C=O) groups is 1. The van der Waals surface area contributed by atoms with Crippen molar-refractivity contribution in [1.82, 2.24) is 19.4 Å². The predicted molar refractivity (Wildman–Crippen MR) is 178 cm³/mol. The van der Waals surface area contributed by atoms with Crippen LogP contribution in [0, 0.1) is 16.7 Å². The highest BCUT2D eigenvalue weighted by atomic mass is 35.5. The molecule has 0 amide bonds. The monoisotopic (exact) mass is 688 g/mol. The summed E-state index contributed by atoms with van der Waals surface area (Å²) in [6, 6.07) is 15.5. The van der Waals surface area contributed by atoms with Crippen molar-refractivity contribution in [3.63, 3.8) is 0 Å². The van der Waals surface area contributed by atoms with Gasteiger partial charge < -0.3 is 28.4 Å². The lowest BCUT2D eigenvalue weighted by atomic mass is 10.0. The van der Waals surface area contributed by atoms with Gasteiger partial charge in [-0.1, -0.05) is 29.3 Å². The van der Waals surface area contributed by atoms with E-state index in [9.17, 15) is 10.1 Å². The molecule has 0 bridgehead atoms. The normalized spacial score (nSPS) is 24.0. The Labute approximate surface area is 287 Å². The zero-order valence-electron chi connectivity index (χ0n) is 26.6. The molecule has 11 nitrogen and oxygen atoms in total. The van der Waals surface area contributed by atoms with Gasteiger partial charge >= 0.3 is 5.97 Å². The second kappa shape index (κ2) is 11.8. The van der Waals surface area contributed by atoms with E-state index in [2.05, 4.69) is 31.5 Å². The van der Waals surface area contributed by atoms with Gasteiger partial charge in [0.2, 0.25) is 0 Å². The quantitative estimate of drug-likeness (QED) is 0.206. The number of esters is 1. The average molecular weight is 690 g/mol. The standard InChI is InChI=1S/C35H34Cl2N6O5/c1-34(29-7-6-22(36)16-39-29)47-28-5-3-4-24(32(28)48-34)42-13-12-41(26-18-46-19-27(26)42)17-30-40-31-23(37)14-21(33(44)45-2)15-25(31)43(30)20-35(8-9-35)10-11-38/h3-7,14-16,26-27H,8-10,12-13,17-20H2,1-2H3/t26-,27+,34?/m1/s1. The summed E-state index contributed by atoms with van der Waals surface area (Å²) in [6.45, 7) is 5.68. The van der Waals surface area contributed by atoms with Crippen LogP contribution in [0.4, 0.5) is 5.69 Å². The number of rotatable bonds is 8. The molecule has 3 aliphatic heterocycles. The Kier molecular flexibility index (Phi) is 7.68. The summed E-state index contributed by atoms with van der Waals surface area (Å²) in [7, 11) is 1.35. The molecule has 0 spiro atoms. The lowest BCUT2D eigenvalue weighted by Crippen LogP contribution is -2.59. The van der Waals surface area contributed by atoms with Crippen molar-refractivity contribution in [2.75, 3.05) is 38.3 Å². The number of piperazine rings is 1. The minimum atomic E-state index is -1.09. The molecule has 2 aromatic heterocycles. The van der Waals surface area contributed by atoms with Gasteiger partial charge in [0.15, 0.2) is 11.5 Å². The van der Waals surface area contributed by atoms with Gasteiger partial charge in [0.05, 0.1) is 71.8 Å². The fourth-order valence-electron chi connectivity index (χ4n) is 7.34. The van der Waals surface area contributed by atoms with Crippen molar-refractivity contribution in [2.45, 2.75) is 57.1 Å². The van der Waals surface area contributed by atoms with Gasteiger partial charge in [0, 0.05) is 44.6 Å². The molecule has 1 aliphatic carbocycles. The van der Waals surface area contributed by atoms with Gasteiger partial charge in [0.1, 0.15) is 17.0 Å². The highest BCUT2D eigenvalue weighted by molar-refractivity contribution is 6.35. The molecule has 4 aromatic rings. The van der Waals surface area contributed by atoms with Crippen LogP contribution < -0.4 is 14.4 Å². The molecule has 48 heavy (non-hydrogen) atoms. The smallest absolute Gasteiger partial charge is 0.337 e. The molecule has 5 heterocycles. The maximum atomic E-state index is 12.5. The van der Waals surface area contributed by atoms with E-state index in [-0.39, 0.29) is 17.5 Å². The third-order valence-electron chi connectivity index (χ3n) is 10.1. The van der Waals surface area contributed by atoms with Crippen molar-refractivity contribution in [3.05, 3.63) is 75.8 Å². The Balaban J connectivity index is 1.09. The van der Waals surface area contributed by atoms with Gasteiger partial charge in [-0.2, -0.15) is 5.26 Å². The lowest BCUT2D eigenvalue weighted by Gasteiger charge is -2.44. The molecule has 13 heteroatoms. The van der Waals surface area contributed by atoms with Crippen LogP contribution in [0.3, 0.4) is 0 Å². The van der Waals surface area contributed by atoms with Crippen molar-refractivity contribution in [1.29, 1.82) is 5.26 Å². The molecule has 2 aromatic carbocycles. The number of nitriles is 1. The second-order valence-electron chi connectivity index (χ2n) is 13.2. The molecule has 0 radical (unpaired) electrons. The van der Waals surface area contributed by atoms with Crippen molar-refractivity contribution in [2.24, 2.45) is 5.41 Å². The minimum absolute atomic E-state index is 0.0649. The number of imidazole rings is 1. The summed E-state index contributed by atoms with van der Waals surface area (Å²) in [5.74, 6) is 0.643. The van der Waals surface area contributed by atoms with E-state index >= 15 is 0 Å². The molecule has 1 saturated carbocycles. The van der Waals surface area contributed by atoms with Crippen molar-refractivity contribution >= 4 is 45.9 Å². The van der Waals surface area contributed by atoms with E-state index in [0.29, 0.717) is 71.0 Å². The topological polar surface area (TPSA) is 115 Å². The molecule has 2 saturated heterocycles. The van der Waals surface area contributed by atoms with Gasteiger partial charge in [-0.15, -0.1) is 0 Å². The Hall–Kier alpha value is -4.08. The van der Waals surface area contributed by atoms with Gasteiger partial charge in [0.25, 0.3) is 5.79 Å². The first-order chi connectivity index (χ1) is 23.2. The zero-order valence-corrected chi connectivity index (χ0v) is 28.1. The summed E-state index contributed by atoms with van der Waals surface area (Å²) in [5, 5.41) is 10.5. The lowest BCUT2D eigenvalue weighted by molar-refractivity contribution is -0.0716. The van der Waals surface area contributed by atoms with Crippen LogP contribution in [0.15, 0.2) is 48.7 Å². The number of anilines is 1. The minimum Gasteiger partial charge on any atom is -0.465 e. The van der Waals surface area contributed by atoms with Gasteiger partial charge in [-0.3, -0.25) is 9.88 Å². The van der Waals surface area contributed by atoms with Crippen LogP contribution in [0.25, 0.3) is 11.0 Å². The number of benzene rings is 2. The van der Waals surface area contributed by atoms with E-state index < -0.39 is 11.8 Å². The molecule has 0 N–H and O–H groups in total. The maximum absolute atomic E-state index is 12.5. The van der Waals surface area contributed by atoms with Crippen LogP contribution >= 0.6 is 23.2 Å². The SMILES string of the molecule is COC(=O)c1cc(Cl)c2nc(CN3CCN(c4cccc5c4OC(C)(c4ccc(Cl)cn4)O5)[C@H]4COC[C@H]43)n(CC3(CC#N)CC3)c2c1. The van der Waals surface area contributed by atoms with Gasteiger partial charge in [-0.25, -0.2) is 9.78 Å². The number of carbonyl (C=O) groups excluding carboxylic acids is 1. The van der Waals surface area contributed by atoms with E-state index in [1.54, 1.807) is 24.4 Å². The van der Waals surface area contributed by atoms with Crippen LogP contribution in [-0.2, 0) is 28.4 Å². The van der Waals surface area contributed by atoms with Crippen molar-refractivity contribution in [3.8, 4) is 17.6 Å². The number of hydrogen-bond acceptors (Lipinski definition) is 10. The summed E-state index contributed by atoms with van der Waals surface area (Å²) in [5.41, 5.74) is 3.26. The fourth-order valence-corrected chi connectivity index (χ4v) is 7.71. The summed E-state index contributed by atoms with van der Waals surface area (Å²) < 4.78 is 26.2. The molecule has 248 valence electrons. The number of nitrogens with zero attached hydrogens (tertiary/aromatic N) is 6. The predicted octanol–water partition coefficient (Wildman–Crippen LogP) is 5.95. The molecule has 3 fully saturated rings. The third kappa shape index (κ3) is 5.31. The Morgan fingerprint density at radius 1 is 1.12 bits per heavy atom. The fraction of sp³-hybridized carbons (Fsp3) is 0.429. The Morgan fingerprint density at radius 3 is 2.71 bits per heavy atom. The third-order valence-corrected chi connectivity index (χ3v) is 10.6. The summed E-state index contributed by atoms with van der Waals surface area (Å²) in [6.07, 6.45) is 4.00. The van der Waals surface area contributed by atoms with E-state index in [0.717, 1.165) is 43.0 Å². The number of para-hydroxylation sites is 1. The molecular formula is C35H34Cl2N6O5. The average Bonchev–Trinajstić information content (AvgIpc) is 3.36. The number of pyridine rings is 1. The van der Waals surface area contributed by atoms with Crippen LogP contribution in [0.2, 0.25) is 10.0 Å². The largest absolute Gasteiger partial charge is 0.465 e. The first-order valence-electron chi connectivity index (χ1n) is 16.1. The van der Waals surface area contributed by atoms with Crippen molar-refractivity contribution < 1.29 is 23.7 Å². The zero-order chi connectivity index (χ0) is 33.2. The molecule has 1 unspecified atom stereocenters. The second-order valence-corrected chi connectivity index (χ2v) is 14.1. The summed E-state index contributed by atoms with van der Waals surface area (Å²) >= 11 is 12.8. The number of fused-ring (bicyclic) bond motifs is 3. The molecular weight excluding hydrogens is 655 g/mol.